The summed E-state index contributed by atoms with van der Waals surface area (Å²) < 4.78 is 0. The molecule has 1 N–H and O–H groups in total. The molecule has 20 heavy (non-hydrogen) atoms. The molecule has 0 aromatic heterocycles. The molecular weight excluding hydrogens is 246 g/mol. The van der Waals surface area contributed by atoms with Gasteiger partial charge in [0.1, 0.15) is 5.54 Å². The molecule has 106 valence electrons. The first-order chi connectivity index (χ1) is 9.80. The van der Waals surface area contributed by atoms with Crippen LogP contribution in [0.5, 0.6) is 0 Å². The molecule has 2 fully saturated rings. The summed E-state index contributed by atoms with van der Waals surface area (Å²) >= 11 is 0. The van der Waals surface area contributed by atoms with Crippen molar-refractivity contribution in [1.29, 1.82) is 5.26 Å². The minimum Gasteiger partial charge on any atom is -0.296 e. The second kappa shape index (κ2) is 5.95. The topological polar surface area (TPSA) is 39.1 Å². The second-order valence-corrected chi connectivity index (χ2v) is 6.27. The lowest BCUT2D eigenvalue weighted by Crippen LogP contribution is -2.50. The van der Waals surface area contributed by atoms with Gasteiger partial charge in [-0.25, -0.2) is 0 Å². The van der Waals surface area contributed by atoms with E-state index in [0.29, 0.717) is 6.04 Å². The maximum absolute atomic E-state index is 9.62. The molecule has 0 amide bonds. The molecule has 3 heteroatoms. The van der Waals surface area contributed by atoms with E-state index in [1.165, 1.54) is 31.2 Å². The van der Waals surface area contributed by atoms with Crippen LogP contribution in [-0.2, 0) is 6.54 Å². The van der Waals surface area contributed by atoms with Crippen LogP contribution in [0.25, 0.3) is 0 Å². The van der Waals surface area contributed by atoms with E-state index in [-0.39, 0.29) is 5.54 Å². The van der Waals surface area contributed by atoms with Gasteiger partial charge >= 0.3 is 0 Å². The van der Waals surface area contributed by atoms with Crippen molar-refractivity contribution in [3.05, 3.63) is 35.9 Å². The van der Waals surface area contributed by atoms with E-state index in [1.54, 1.807) is 0 Å². The van der Waals surface area contributed by atoms with Crippen LogP contribution < -0.4 is 5.32 Å². The summed E-state index contributed by atoms with van der Waals surface area (Å²) in [6, 6.07) is 13.7. The van der Waals surface area contributed by atoms with Crippen molar-refractivity contribution in [2.75, 3.05) is 13.1 Å². The van der Waals surface area contributed by atoms with Crippen molar-refractivity contribution in [3.63, 3.8) is 0 Å². The number of hydrogen-bond acceptors (Lipinski definition) is 3. The van der Waals surface area contributed by atoms with Crippen LogP contribution in [0.3, 0.4) is 0 Å². The summed E-state index contributed by atoms with van der Waals surface area (Å²) in [5.41, 5.74) is 1.02. The summed E-state index contributed by atoms with van der Waals surface area (Å²) in [4.78, 5) is 2.40. The summed E-state index contributed by atoms with van der Waals surface area (Å²) in [5, 5.41) is 13.3. The fourth-order valence-corrected chi connectivity index (χ4v) is 3.57. The maximum Gasteiger partial charge on any atom is 0.121 e. The van der Waals surface area contributed by atoms with Gasteiger partial charge in [0.05, 0.1) is 6.07 Å². The molecule has 1 saturated carbocycles. The molecule has 0 spiro atoms. The zero-order valence-electron chi connectivity index (χ0n) is 12.0. The Labute approximate surface area is 121 Å². The van der Waals surface area contributed by atoms with E-state index in [4.69, 9.17) is 0 Å². The lowest BCUT2D eigenvalue weighted by molar-refractivity contribution is 0.291. The highest BCUT2D eigenvalue weighted by atomic mass is 15.2. The molecular formula is C17H23N3. The van der Waals surface area contributed by atoms with Crippen molar-refractivity contribution < 1.29 is 0 Å². The lowest BCUT2D eigenvalue weighted by atomic mass is 9.99. The molecule has 3 rings (SSSR count). The summed E-state index contributed by atoms with van der Waals surface area (Å²) in [6.07, 6.45) is 6.05. The van der Waals surface area contributed by atoms with Gasteiger partial charge in [-0.05, 0) is 24.8 Å². The van der Waals surface area contributed by atoms with Gasteiger partial charge in [-0.15, -0.1) is 0 Å². The Kier molecular flexibility index (Phi) is 4.05. The Morgan fingerprint density at radius 1 is 1.25 bits per heavy atom. The third kappa shape index (κ3) is 3.03. The lowest BCUT2D eigenvalue weighted by Gasteiger charge is -2.27. The Morgan fingerprint density at radius 3 is 2.70 bits per heavy atom. The number of likely N-dealkylation sites (tertiary alicyclic amines) is 1. The van der Waals surface area contributed by atoms with Gasteiger partial charge in [0, 0.05) is 25.7 Å². The van der Waals surface area contributed by atoms with Crippen LogP contribution in [0, 0.1) is 11.3 Å². The molecule has 2 aliphatic rings. The highest BCUT2D eigenvalue weighted by molar-refractivity contribution is 5.18. The van der Waals surface area contributed by atoms with Crippen LogP contribution in [0.15, 0.2) is 30.3 Å². The van der Waals surface area contributed by atoms with Crippen molar-refractivity contribution in [3.8, 4) is 6.07 Å². The molecule has 1 heterocycles. The van der Waals surface area contributed by atoms with E-state index in [9.17, 15) is 5.26 Å². The molecule has 1 aromatic rings. The minimum absolute atomic E-state index is 0.316. The summed E-state index contributed by atoms with van der Waals surface area (Å²) in [5.74, 6) is 0. The predicted molar refractivity (Wildman–Crippen MR) is 80.1 cm³/mol. The van der Waals surface area contributed by atoms with Crippen LogP contribution >= 0.6 is 0 Å². The standard InChI is InChI=1S/C17H23N3/c18-13-17(19-16-8-4-5-9-16)10-11-20(14-17)12-15-6-2-1-3-7-15/h1-3,6-7,16,19H,4-5,8-12,14H2. The van der Waals surface area contributed by atoms with Gasteiger partial charge in [-0.2, -0.15) is 5.26 Å². The first-order valence-corrected chi connectivity index (χ1v) is 7.75. The molecule has 3 nitrogen and oxygen atoms in total. The molecule has 1 aromatic carbocycles. The number of nitrogens with zero attached hydrogens (tertiary/aromatic N) is 2. The summed E-state index contributed by atoms with van der Waals surface area (Å²) in [7, 11) is 0. The normalized spacial score (nSPS) is 27.8. The third-order valence-corrected chi connectivity index (χ3v) is 4.65. The monoisotopic (exact) mass is 269 g/mol. The van der Waals surface area contributed by atoms with Gasteiger partial charge in [-0.3, -0.25) is 10.2 Å². The van der Waals surface area contributed by atoms with Crippen molar-refractivity contribution in [1.82, 2.24) is 10.2 Å². The average Bonchev–Trinajstić information content (AvgIpc) is 3.11. The number of nitriles is 1. The van der Waals surface area contributed by atoms with Crippen LogP contribution in [0.4, 0.5) is 0 Å². The molecule has 0 radical (unpaired) electrons. The first kappa shape index (κ1) is 13.6. The van der Waals surface area contributed by atoms with E-state index in [2.05, 4.69) is 46.6 Å². The highest BCUT2D eigenvalue weighted by Gasteiger charge is 2.40. The van der Waals surface area contributed by atoms with E-state index in [1.807, 2.05) is 0 Å². The van der Waals surface area contributed by atoms with Gasteiger partial charge in [0.25, 0.3) is 0 Å². The van der Waals surface area contributed by atoms with Crippen molar-refractivity contribution in [2.24, 2.45) is 0 Å². The molecule has 1 saturated heterocycles. The SMILES string of the molecule is N#CC1(NC2CCCC2)CCN(Cc2ccccc2)C1. The summed E-state index contributed by atoms with van der Waals surface area (Å²) in [6.45, 7) is 2.83. The maximum atomic E-state index is 9.62. The smallest absolute Gasteiger partial charge is 0.121 e. The van der Waals surface area contributed by atoms with Gasteiger partial charge in [0.15, 0.2) is 0 Å². The van der Waals surface area contributed by atoms with Gasteiger partial charge in [0.2, 0.25) is 0 Å². The largest absolute Gasteiger partial charge is 0.296 e. The second-order valence-electron chi connectivity index (χ2n) is 6.27. The molecule has 0 bridgehead atoms. The zero-order chi connectivity index (χ0) is 13.8. The Balaban J connectivity index is 1.60. The average molecular weight is 269 g/mol. The van der Waals surface area contributed by atoms with Crippen molar-refractivity contribution >= 4 is 0 Å². The molecule has 1 unspecified atom stereocenters. The number of benzene rings is 1. The van der Waals surface area contributed by atoms with Crippen LogP contribution in [-0.4, -0.2) is 29.6 Å². The van der Waals surface area contributed by atoms with E-state index in [0.717, 1.165) is 26.1 Å². The minimum atomic E-state index is -0.316. The van der Waals surface area contributed by atoms with Crippen LogP contribution in [0.2, 0.25) is 0 Å². The third-order valence-electron chi connectivity index (χ3n) is 4.65. The fourth-order valence-electron chi connectivity index (χ4n) is 3.57. The van der Waals surface area contributed by atoms with Crippen molar-refractivity contribution in [2.45, 2.75) is 50.2 Å². The number of hydrogen-bond donors (Lipinski definition) is 1. The van der Waals surface area contributed by atoms with Crippen LogP contribution in [0.1, 0.15) is 37.7 Å². The highest BCUT2D eigenvalue weighted by Crippen LogP contribution is 2.27. The van der Waals surface area contributed by atoms with E-state index >= 15 is 0 Å². The number of rotatable bonds is 4. The quantitative estimate of drug-likeness (QED) is 0.913. The molecule has 1 aliphatic heterocycles. The Bertz CT molecular complexity index is 473. The van der Waals surface area contributed by atoms with Gasteiger partial charge < -0.3 is 0 Å². The molecule has 1 atom stereocenters. The Morgan fingerprint density at radius 2 is 2.00 bits per heavy atom. The first-order valence-electron chi connectivity index (χ1n) is 7.75. The fraction of sp³-hybridized carbons (Fsp3) is 0.588. The molecule has 1 aliphatic carbocycles. The number of nitrogens with one attached hydrogen (secondary N) is 1. The zero-order valence-corrected chi connectivity index (χ0v) is 12.0. The van der Waals surface area contributed by atoms with E-state index < -0.39 is 0 Å². The Hall–Kier alpha value is -1.37. The van der Waals surface area contributed by atoms with Gasteiger partial charge in [-0.1, -0.05) is 43.2 Å². The predicted octanol–water partition coefficient (Wildman–Crippen LogP) is 2.69.